The lowest BCUT2D eigenvalue weighted by Gasteiger charge is -2.08. The summed E-state index contributed by atoms with van der Waals surface area (Å²) in [7, 11) is 0. The average Bonchev–Trinajstić information content (AvgIpc) is 2.30. The molecule has 0 radical (unpaired) electrons. The van der Waals surface area contributed by atoms with Crippen molar-refractivity contribution in [3.8, 4) is 5.75 Å². The van der Waals surface area contributed by atoms with E-state index in [-0.39, 0.29) is 0 Å². The Labute approximate surface area is 114 Å². The standard InChI is InChI=1S/C14H20Cl2O/c1-2-3-4-5-6-7-10-17-14-9-8-12(15)11-13(14)16/h8-9,11H,2-7,10H2,1H3. The molecule has 0 aliphatic rings. The monoisotopic (exact) mass is 274 g/mol. The molecule has 1 aromatic rings. The van der Waals surface area contributed by atoms with Gasteiger partial charge in [0.1, 0.15) is 5.75 Å². The van der Waals surface area contributed by atoms with Crippen LogP contribution in [0.25, 0.3) is 0 Å². The molecule has 0 spiro atoms. The van der Waals surface area contributed by atoms with Gasteiger partial charge in [-0.15, -0.1) is 0 Å². The third kappa shape index (κ3) is 6.18. The second-order valence-corrected chi connectivity index (χ2v) is 5.03. The lowest BCUT2D eigenvalue weighted by Crippen LogP contribution is -1.97. The van der Waals surface area contributed by atoms with Gasteiger partial charge in [-0.1, -0.05) is 62.2 Å². The number of rotatable bonds is 8. The van der Waals surface area contributed by atoms with Crippen molar-refractivity contribution < 1.29 is 4.74 Å². The van der Waals surface area contributed by atoms with E-state index in [9.17, 15) is 0 Å². The molecule has 0 aromatic heterocycles. The van der Waals surface area contributed by atoms with Gasteiger partial charge in [0.25, 0.3) is 0 Å². The van der Waals surface area contributed by atoms with Crippen LogP contribution >= 0.6 is 23.2 Å². The van der Waals surface area contributed by atoms with Gasteiger partial charge >= 0.3 is 0 Å². The van der Waals surface area contributed by atoms with E-state index in [1.54, 1.807) is 12.1 Å². The van der Waals surface area contributed by atoms with Crippen molar-refractivity contribution in [1.29, 1.82) is 0 Å². The number of hydrogen-bond donors (Lipinski definition) is 0. The second-order valence-electron chi connectivity index (χ2n) is 4.19. The predicted octanol–water partition coefficient (Wildman–Crippen LogP) is 5.73. The first-order chi connectivity index (χ1) is 8.24. The van der Waals surface area contributed by atoms with Crippen molar-refractivity contribution >= 4 is 23.2 Å². The zero-order valence-electron chi connectivity index (χ0n) is 10.3. The van der Waals surface area contributed by atoms with Crippen LogP contribution in [0.4, 0.5) is 0 Å². The Balaban J connectivity index is 2.14. The molecular weight excluding hydrogens is 255 g/mol. The molecule has 0 atom stereocenters. The highest BCUT2D eigenvalue weighted by Gasteiger charge is 2.01. The summed E-state index contributed by atoms with van der Waals surface area (Å²) < 4.78 is 5.61. The summed E-state index contributed by atoms with van der Waals surface area (Å²) >= 11 is 11.8. The van der Waals surface area contributed by atoms with Crippen LogP contribution in [-0.2, 0) is 0 Å². The Morgan fingerprint density at radius 3 is 2.41 bits per heavy atom. The van der Waals surface area contributed by atoms with Crippen LogP contribution in [0.15, 0.2) is 18.2 Å². The van der Waals surface area contributed by atoms with Gasteiger partial charge in [0.2, 0.25) is 0 Å². The van der Waals surface area contributed by atoms with E-state index < -0.39 is 0 Å². The number of ether oxygens (including phenoxy) is 1. The fraction of sp³-hybridized carbons (Fsp3) is 0.571. The van der Waals surface area contributed by atoms with Gasteiger partial charge in [-0.25, -0.2) is 0 Å². The zero-order chi connectivity index (χ0) is 12.5. The third-order valence-electron chi connectivity index (χ3n) is 2.65. The Morgan fingerprint density at radius 1 is 1.00 bits per heavy atom. The van der Waals surface area contributed by atoms with Crippen molar-refractivity contribution in [2.75, 3.05) is 6.61 Å². The second kappa shape index (κ2) is 8.66. The Kier molecular flexibility index (Phi) is 7.46. The minimum absolute atomic E-state index is 0.587. The van der Waals surface area contributed by atoms with Gasteiger partial charge in [0.15, 0.2) is 0 Å². The van der Waals surface area contributed by atoms with E-state index in [4.69, 9.17) is 27.9 Å². The Morgan fingerprint density at radius 2 is 1.71 bits per heavy atom. The molecule has 0 bridgehead atoms. The van der Waals surface area contributed by atoms with E-state index >= 15 is 0 Å². The summed E-state index contributed by atoms with van der Waals surface area (Å²) in [5.41, 5.74) is 0. The van der Waals surface area contributed by atoms with Crippen molar-refractivity contribution in [3.63, 3.8) is 0 Å². The fourth-order valence-corrected chi connectivity index (χ4v) is 2.12. The summed E-state index contributed by atoms with van der Waals surface area (Å²) in [5.74, 6) is 0.727. The molecule has 1 aromatic carbocycles. The van der Waals surface area contributed by atoms with Crippen LogP contribution in [0, 0.1) is 0 Å². The van der Waals surface area contributed by atoms with Gasteiger partial charge < -0.3 is 4.74 Å². The molecule has 0 saturated heterocycles. The normalized spacial score (nSPS) is 10.5. The lowest BCUT2D eigenvalue weighted by atomic mass is 10.1. The molecule has 17 heavy (non-hydrogen) atoms. The zero-order valence-corrected chi connectivity index (χ0v) is 11.9. The first-order valence-electron chi connectivity index (χ1n) is 6.32. The summed E-state index contributed by atoms with van der Waals surface area (Å²) in [4.78, 5) is 0. The van der Waals surface area contributed by atoms with Gasteiger partial charge in [-0.05, 0) is 24.6 Å². The largest absolute Gasteiger partial charge is 0.492 e. The first-order valence-corrected chi connectivity index (χ1v) is 7.07. The highest BCUT2D eigenvalue weighted by molar-refractivity contribution is 6.35. The summed E-state index contributed by atoms with van der Waals surface area (Å²) in [6, 6.07) is 5.32. The molecule has 1 rings (SSSR count). The highest BCUT2D eigenvalue weighted by atomic mass is 35.5. The van der Waals surface area contributed by atoms with Crippen LogP contribution in [0.2, 0.25) is 10.0 Å². The number of halogens is 2. The molecule has 96 valence electrons. The van der Waals surface area contributed by atoms with Crippen LogP contribution in [0.5, 0.6) is 5.75 Å². The molecule has 3 heteroatoms. The maximum atomic E-state index is 6.00. The quantitative estimate of drug-likeness (QED) is 0.550. The molecular formula is C14H20Cl2O. The Bertz CT molecular complexity index is 326. The maximum absolute atomic E-state index is 6.00. The number of benzene rings is 1. The van der Waals surface area contributed by atoms with E-state index in [2.05, 4.69) is 6.92 Å². The van der Waals surface area contributed by atoms with Gasteiger partial charge in [-0.2, -0.15) is 0 Å². The minimum Gasteiger partial charge on any atom is -0.492 e. The van der Waals surface area contributed by atoms with E-state index in [1.165, 1.54) is 32.1 Å². The predicted molar refractivity (Wildman–Crippen MR) is 75.3 cm³/mol. The van der Waals surface area contributed by atoms with Gasteiger partial charge in [-0.3, -0.25) is 0 Å². The van der Waals surface area contributed by atoms with Crippen LogP contribution < -0.4 is 4.74 Å². The first kappa shape index (κ1) is 14.7. The van der Waals surface area contributed by atoms with Gasteiger partial charge in [0, 0.05) is 5.02 Å². The van der Waals surface area contributed by atoms with Crippen molar-refractivity contribution in [1.82, 2.24) is 0 Å². The smallest absolute Gasteiger partial charge is 0.137 e. The lowest BCUT2D eigenvalue weighted by molar-refractivity contribution is 0.304. The summed E-state index contributed by atoms with van der Waals surface area (Å²) in [6.07, 6.45) is 7.57. The van der Waals surface area contributed by atoms with Crippen LogP contribution in [-0.4, -0.2) is 6.61 Å². The topological polar surface area (TPSA) is 9.23 Å². The molecule has 0 fully saturated rings. The molecule has 0 amide bonds. The minimum atomic E-state index is 0.587. The SMILES string of the molecule is CCCCCCCCOc1ccc(Cl)cc1Cl. The van der Waals surface area contributed by atoms with Crippen LogP contribution in [0.3, 0.4) is 0 Å². The van der Waals surface area contributed by atoms with E-state index in [0.29, 0.717) is 10.0 Å². The third-order valence-corrected chi connectivity index (χ3v) is 3.18. The summed E-state index contributed by atoms with van der Waals surface area (Å²) in [6.45, 7) is 2.96. The van der Waals surface area contributed by atoms with Crippen molar-refractivity contribution in [2.24, 2.45) is 0 Å². The molecule has 0 N–H and O–H groups in total. The van der Waals surface area contributed by atoms with Crippen molar-refractivity contribution in [3.05, 3.63) is 28.2 Å². The average molecular weight is 275 g/mol. The fourth-order valence-electron chi connectivity index (χ4n) is 1.66. The highest BCUT2D eigenvalue weighted by Crippen LogP contribution is 2.27. The molecule has 0 heterocycles. The van der Waals surface area contributed by atoms with E-state index in [1.807, 2.05) is 6.07 Å². The number of unbranched alkanes of at least 4 members (excludes halogenated alkanes) is 5. The van der Waals surface area contributed by atoms with Crippen LogP contribution in [0.1, 0.15) is 45.4 Å². The molecule has 0 unspecified atom stereocenters. The molecule has 0 saturated carbocycles. The van der Waals surface area contributed by atoms with E-state index in [0.717, 1.165) is 18.8 Å². The number of hydrogen-bond acceptors (Lipinski definition) is 1. The molecule has 1 nitrogen and oxygen atoms in total. The molecule has 0 aliphatic carbocycles. The summed E-state index contributed by atoms with van der Waals surface area (Å²) in [5, 5.41) is 1.23. The van der Waals surface area contributed by atoms with Gasteiger partial charge in [0.05, 0.1) is 11.6 Å². The Hall–Kier alpha value is -0.400. The molecule has 0 aliphatic heterocycles. The maximum Gasteiger partial charge on any atom is 0.137 e. The van der Waals surface area contributed by atoms with Crippen molar-refractivity contribution in [2.45, 2.75) is 45.4 Å².